The Morgan fingerprint density at radius 3 is 2.77 bits per heavy atom. The fourth-order valence-corrected chi connectivity index (χ4v) is 5.56. The van der Waals surface area contributed by atoms with Crippen molar-refractivity contribution >= 4 is 31.8 Å². The van der Waals surface area contributed by atoms with E-state index in [9.17, 15) is 4.79 Å². The molecule has 166 valence electrons. The summed E-state index contributed by atoms with van der Waals surface area (Å²) < 4.78 is 14.0. The van der Waals surface area contributed by atoms with Crippen molar-refractivity contribution in [2.75, 3.05) is 32.8 Å². The molecular weight excluding hydrogens is 412 g/mol. The summed E-state index contributed by atoms with van der Waals surface area (Å²) in [7, 11) is 0. The summed E-state index contributed by atoms with van der Waals surface area (Å²) in [6, 6.07) is 2.14. The Labute approximate surface area is 186 Å². The van der Waals surface area contributed by atoms with Crippen LogP contribution in [0.3, 0.4) is 0 Å². The number of fused-ring (bicyclic) bond motifs is 4. The molecule has 0 spiro atoms. The third kappa shape index (κ3) is 4.02. The first-order valence-electron chi connectivity index (χ1n) is 11.2. The molecule has 5 rings (SSSR count). The van der Waals surface area contributed by atoms with Gasteiger partial charge in [0.25, 0.3) is 5.56 Å². The fraction of sp³-hybridized carbons (Fsp3) is 0.609. The first kappa shape index (κ1) is 21.0. The van der Waals surface area contributed by atoms with Gasteiger partial charge in [0.15, 0.2) is 0 Å². The van der Waals surface area contributed by atoms with Gasteiger partial charge in [0.05, 0.1) is 36.6 Å². The number of aryl methyl sites for hydroxylation is 1. The van der Waals surface area contributed by atoms with Crippen LogP contribution in [0.1, 0.15) is 44.3 Å². The molecule has 0 N–H and O–H groups in total. The van der Waals surface area contributed by atoms with Gasteiger partial charge < -0.3 is 9.47 Å². The van der Waals surface area contributed by atoms with E-state index in [0.29, 0.717) is 17.9 Å². The Hall–Kier alpha value is -1.87. The zero-order valence-electron chi connectivity index (χ0n) is 18.6. The summed E-state index contributed by atoms with van der Waals surface area (Å²) in [6.07, 6.45) is 2.53. The zero-order chi connectivity index (χ0) is 21.6. The number of hydrogen-bond donors (Lipinski definition) is 0. The molecule has 0 bridgehead atoms. The van der Waals surface area contributed by atoms with Crippen molar-refractivity contribution in [3.8, 4) is 0 Å². The number of morpholine rings is 1. The van der Waals surface area contributed by atoms with Gasteiger partial charge in [-0.3, -0.25) is 14.3 Å². The van der Waals surface area contributed by atoms with E-state index in [1.165, 1.54) is 11.3 Å². The van der Waals surface area contributed by atoms with Crippen LogP contribution < -0.4 is 5.56 Å². The van der Waals surface area contributed by atoms with E-state index in [1.54, 1.807) is 0 Å². The van der Waals surface area contributed by atoms with Crippen molar-refractivity contribution in [2.24, 2.45) is 0 Å². The molecule has 0 amide bonds. The Kier molecular flexibility index (Phi) is 5.58. The van der Waals surface area contributed by atoms with E-state index in [4.69, 9.17) is 19.4 Å². The van der Waals surface area contributed by atoms with Gasteiger partial charge in [0, 0.05) is 50.0 Å². The highest BCUT2D eigenvalue weighted by Crippen LogP contribution is 2.34. The maximum atomic E-state index is 13.5. The SMILES string of the molecule is CCCc1nc2c(sc3nc4c(cc32)COC(C)(C)C4)c(=O)n1CCN1CCOCC1. The monoisotopic (exact) mass is 442 g/mol. The van der Waals surface area contributed by atoms with Gasteiger partial charge in [-0.2, -0.15) is 0 Å². The molecule has 1 saturated heterocycles. The Balaban J connectivity index is 1.58. The molecule has 8 heteroatoms. The first-order valence-corrected chi connectivity index (χ1v) is 12.1. The van der Waals surface area contributed by atoms with Crippen molar-refractivity contribution in [3.63, 3.8) is 0 Å². The maximum absolute atomic E-state index is 13.5. The highest BCUT2D eigenvalue weighted by molar-refractivity contribution is 7.25. The summed E-state index contributed by atoms with van der Waals surface area (Å²) in [6.45, 7) is 11.8. The van der Waals surface area contributed by atoms with Crippen molar-refractivity contribution < 1.29 is 9.47 Å². The third-order valence-corrected chi connectivity index (χ3v) is 7.32. The molecular formula is C23H30N4O3S. The minimum atomic E-state index is -0.205. The molecule has 3 aromatic rings. The van der Waals surface area contributed by atoms with Crippen LogP contribution in [0.25, 0.3) is 20.4 Å². The number of pyridine rings is 1. The second kappa shape index (κ2) is 8.24. The zero-order valence-corrected chi connectivity index (χ0v) is 19.4. The van der Waals surface area contributed by atoms with E-state index >= 15 is 0 Å². The quantitative estimate of drug-likeness (QED) is 0.605. The third-order valence-electron chi connectivity index (χ3n) is 6.25. The molecule has 1 fully saturated rings. The molecule has 0 radical (unpaired) electrons. The lowest BCUT2D eigenvalue weighted by atomic mass is 9.95. The predicted molar refractivity (Wildman–Crippen MR) is 123 cm³/mol. The molecule has 0 saturated carbocycles. The fourth-order valence-electron chi connectivity index (χ4n) is 4.49. The lowest BCUT2D eigenvalue weighted by Gasteiger charge is -2.30. The van der Waals surface area contributed by atoms with Crippen LogP contribution in [0.15, 0.2) is 10.9 Å². The van der Waals surface area contributed by atoms with E-state index in [1.807, 2.05) is 4.57 Å². The van der Waals surface area contributed by atoms with Crippen LogP contribution in [0.4, 0.5) is 0 Å². The van der Waals surface area contributed by atoms with Gasteiger partial charge in [0.2, 0.25) is 0 Å². The summed E-state index contributed by atoms with van der Waals surface area (Å²) in [5, 5.41) is 0.983. The lowest BCUT2D eigenvalue weighted by Crippen LogP contribution is -2.39. The predicted octanol–water partition coefficient (Wildman–Crippen LogP) is 3.14. The Morgan fingerprint density at radius 2 is 2.00 bits per heavy atom. The second-order valence-corrected chi connectivity index (χ2v) is 10.1. The van der Waals surface area contributed by atoms with E-state index in [2.05, 4.69) is 31.7 Å². The minimum absolute atomic E-state index is 0.0688. The normalized spacial score (nSPS) is 19.2. The van der Waals surface area contributed by atoms with Crippen LogP contribution in [-0.4, -0.2) is 57.9 Å². The second-order valence-electron chi connectivity index (χ2n) is 9.14. The largest absolute Gasteiger partial charge is 0.379 e. The smallest absolute Gasteiger partial charge is 0.271 e. The maximum Gasteiger partial charge on any atom is 0.271 e. The molecule has 0 aromatic carbocycles. The number of rotatable bonds is 5. The summed E-state index contributed by atoms with van der Waals surface area (Å²) in [5.74, 6) is 0.878. The van der Waals surface area contributed by atoms with Gasteiger partial charge in [0.1, 0.15) is 15.4 Å². The molecule has 3 aromatic heterocycles. The lowest BCUT2D eigenvalue weighted by molar-refractivity contribution is -0.0411. The average molecular weight is 443 g/mol. The van der Waals surface area contributed by atoms with Crippen LogP contribution in [-0.2, 0) is 35.5 Å². The number of thiophene rings is 1. The van der Waals surface area contributed by atoms with Gasteiger partial charge >= 0.3 is 0 Å². The molecule has 0 atom stereocenters. The molecule has 2 aliphatic heterocycles. The Morgan fingerprint density at radius 1 is 1.19 bits per heavy atom. The number of aromatic nitrogens is 3. The topological polar surface area (TPSA) is 69.5 Å². The summed E-state index contributed by atoms with van der Waals surface area (Å²) in [4.78, 5) is 26.7. The molecule has 0 unspecified atom stereocenters. The number of nitrogens with zero attached hydrogens (tertiary/aromatic N) is 4. The van der Waals surface area contributed by atoms with E-state index < -0.39 is 0 Å². The van der Waals surface area contributed by atoms with Gasteiger partial charge in [-0.15, -0.1) is 11.3 Å². The molecule has 5 heterocycles. The van der Waals surface area contributed by atoms with Gasteiger partial charge in [-0.05, 0) is 26.3 Å². The molecule has 0 aliphatic carbocycles. The van der Waals surface area contributed by atoms with Crippen LogP contribution in [0.2, 0.25) is 0 Å². The van der Waals surface area contributed by atoms with Gasteiger partial charge in [-0.25, -0.2) is 9.97 Å². The van der Waals surface area contributed by atoms with E-state index in [-0.39, 0.29) is 11.2 Å². The standard InChI is InChI=1S/C23H30N4O3S/c1-4-5-18-25-19-16-12-15-14-30-23(2,3)13-17(15)24-21(16)31-20(19)22(28)27(18)7-6-26-8-10-29-11-9-26/h12H,4-11,13-14H2,1-3H3. The average Bonchev–Trinajstić information content (AvgIpc) is 3.10. The highest BCUT2D eigenvalue weighted by atomic mass is 32.1. The van der Waals surface area contributed by atoms with E-state index in [0.717, 1.165) is 84.9 Å². The van der Waals surface area contributed by atoms with Crippen molar-refractivity contribution in [3.05, 3.63) is 33.5 Å². The molecule has 7 nitrogen and oxygen atoms in total. The van der Waals surface area contributed by atoms with Crippen molar-refractivity contribution in [1.29, 1.82) is 0 Å². The minimum Gasteiger partial charge on any atom is -0.379 e. The summed E-state index contributed by atoms with van der Waals surface area (Å²) in [5.41, 5.74) is 2.86. The van der Waals surface area contributed by atoms with Crippen LogP contribution >= 0.6 is 11.3 Å². The van der Waals surface area contributed by atoms with Crippen LogP contribution in [0.5, 0.6) is 0 Å². The Bertz CT molecular complexity index is 1180. The summed E-state index contributed by atoms with van der Waals surface area (Å²) >= 11 is 1.48. The van der Waals surface area contributed by atoms with Crippen molar-refractivity contribution in [1.82, 2.24) is 19.4 Å². The van der Waals surface area contributed by atoms with Gasteiger partial charge in [-0.1, -0.05) is 6.92 Å². The first-order chi connectivity index (χ1) is 14.9. The van der Waals surface area contributed by atoms with Crippen LogP contribution in [0, 0.1) is 0 Å². The van der Waals surface area contributed by atoms with Crippen molar-refractivity contribution in [2.45, 2.75) is 58.8 Å². The number of ether oxygens (including phenoxy) is 2. The number of hydrogen-bond acceptors (Lipinski definition) is 7. The highest BCUT2D eigenvalue weighted by Gasteiger charge is 2.28. The molecule has 31 heavy (non-hydrogen) atoms. The molecule has 2 aliphatic rings.